The van der Waals surface area contributed by atoms with Gasteiger partial charge in [-0.05, 0) is 51.9 Å². The number of epoxide rings is 1. The lowest BCUT2D eigenvalue weighted by molar-refractivity contribution is 0.319. The summed E-state index contributed by atoms with van der Waals surface area (Å²) in [6.45, 7) is 3.83. The lowest BCUT2D eigenvalue weighted by Gasteiger charge is -2.22. The van der Waals surface area contributed by atoms with Crippen LogP contribution in [-0.2, 0) is 4.74 Å². The Kier molecular flexibility index (Phi) is 2.60. The summed E-state index contributed by atoms with van der Waals surface area (Å²) < 4.78 is 5.48. The number of hydrogen-bond acceptors (Lipinski definition) is 3. The van der Waals surface area contributed by atoms with Crippen molar-refractivity contribution in [2.75, 3.05) is 0 Å². The largest absolute Gasteiger partial charge is 0.370 e. The van der Waals surface area contributed by atoms with Gasteiger partial charge < -0.3 is 4.74 Å². The third-order valence-corrected chi connectivity index (χ3v) is 3.52. The molecule has 0 aromatic rings. The quantitative estimate of drug-likeness (QED) is 0.513. The van der Waals surface area contributed by atoms with Crippen molar-refractivity contribution < 1.29 is 4.74 Å². The van der Waals surface area contributed by atoms with Crippen molar-refractivity contribution in [3.8, 4) is 0 Å². The molecule has 3 nitrogen and oxygen atoms in total. The summed E-state index contributed by atoms with van der Waals surface area (Å²) in [6.07, 6.45) is 6.90. The van der Waals surface area contributed by atoms with Crippen molar-refractivity contribution >= 4 is 0 Å². The fourth-order valence-corrected chi connectivity index (χ4v) is 2.35. The Morgan fingerprint density at radius 3 is 2.79 bits per heavy atom. The summed E-state index contributed by atoms with van der Waals surface area (Å²) in [5.41, 5.74) is -0.374. The molecule has 0 N–H and O–H groups in total. The second-order valence-electron chi connectivity index (χ2n) is 5.33. The molecule has 0 aromatic carbocycles. The summed E-state index contributed by atoms with van der Waals surface area (Å²) in [7, 11) is 0. The predicted molar refractivity (Wildman–Crippen MR) is 55.1 cm³/mol. The maximum absolute atomic E-state index is 10.5. The molecule has 0 amide bonds. The number of ether oxygens (including phenoxy) is 1. The zero-order valence-corrected chi connectivity index (χ0v) is 9.03. The summed E-state index contributed by atoms with van der Waals surface area (Å²) in [4.78, 5) is 10.5. The first-order valence-electron chi connectivity index (χ1n) is 5.61. The number of rotatable bonds is 4. The standard InChI is InChI=1S/C11H19NO2/c1-11(2,12-13)6-5-8-3-4-9-10(7-8)14-9/h8-10H,3-7H2,1-2H3. The molecule has 1 aliphatic carbocycles. The molecule has 0 bridgehead atoms. The van der Waals surface area contributed by atoms with E-state index in [0.29, 0.717) is 12.2 Å². The summed E-state index contributed by atoms with van der Waals surface area (Å²) >= 11 is 0. The molecule has 3 atom stereocenters. The van der Waals surface area contributed by atoms with E-state index in [4.69, 9.17) is 4.74 Å². The molecular formula is C11H19NO2. The lowest BCUT2D eigenvalue weighted by Crippen LogP contribution is -2.20. The van der Waals surface area contributed by atoms with E-state index in [-0.39, 0.29) is 5.54 Å². The van der Waals surface area contributed by atoms with Crippen molar-refractivity contribution in [3.05, 3.63) is 4.91 Å². The molecule has 0 aromatic heterocycles. The highest BCUT2D eigenvalue weighted by Crippen LogP contribution is 2.41. The van der Waals surface area contributed by atoms with Gasteiger partial charge in [0.25, 0.3) is 0 Å². The van der Waals surface area contributed by atoms with Gasteiger partial charge in [0.05, 0.1) is 17.7 Å². The van der Waals surface area contributed by atoms with Gasteiger partial charge in [0.15, 0.2) is 0 Å². The van der Waals surface area contributed by atoms with Crippen LogP contribution in [-0.4, -0.2) is 17.7 Å². The molecule has 0 radical (unpaired) electrons. The molecule has 2 fully saturated rings. The van der Waals surface area contributed by atoms with Crippen LogP contribution in [0.4, 0.5) is 0 Å². The average molecular weight is 197 g/mol. The van der Waals surface area contributed by atoms with Crippen LogP contribution in [0, 0.1) is 10.8 Å². The molecule has 14 heavy (non-hydrogen) atoms. The third-order valence-electron chi connectivity index (χ3n) is 3.52. The van der Waals surface area contributed by atoms with Crippen molar-refractivity contribution in [3.63, 3.8) is 0 Å². The van der Waals surface area contributed by atoms with Gasteiger partial charge in [0, 0.05) is 0 Å². The molecule has 1 heterocycles. The van der Waals surface area contributed by atoms with E-state index in [2.05, 4.69) is 5.18 Å². The van der Waals surface area contributed by atoms with E-state index in [1.54, 1.807) is 0 Å². The third kappa shape index (κ3) is 2.32. The zero-order valence-electron chi connectivity index (χ0n) is 9.03. The molecule has 2 aliphatic rings. The van der Waals surface area contributed by atoms with Crippen LogP contribution in [0.2, 0.25) is 0 Å². The van der Waals surface area contributed by atoms with Crippen molar-refractivity contribution in [1.82, 2.24) is 0 Å². The van der Waals surface area contributed by atoms with Gasteiger partial charge >= 0.3 is 0 Å². The molecule has 3 heteroatoms. The SMILES string of the molecule is CC(C)(CCC1CCC2OC2C1)N=O. The zero-order chi connectivity index (χ0) is 10.2. The fraction of sp³-hybridized carbons (Fsp3) is 1.00. The summed E-state index contributed by atoms with van der Waals surface area (Å²) in [6, 6.07) is 0. The van der Waals surface area contributed by atoms with E-state index >= 15 is 0 Å². The van der Waals surface area contributed by atoms with E-state index in [0.717, 1.165) is 18.8 Å². The molecule has 0 spiro atoms. The number of nitrogens with zero attached hydrogens (tertiary/aromatic N) is 1. The van der Waals surface area contributed by atoms with E-state index < -0.39 is 0 Å². The van der Waals surface area contributed by atoms with Crippen LogP contribution in [0.15, 0.2) is 5.18 Å². The van der Waals surface area contributed by atoms with Gasteiger partial charge in [0.1, 0.15) is 0 Å². The number of fused-ring (bicyclic) bond motifs is 1. The van der Waals surface area contributed by atoms with Crippen molar-refractivity contribution in [2.24, 2.45) is 11.1 Å². The predicted octanol–water partition coefficient (Wildman–Crippen LogP) is 2.88. The first kappa shape index (κ1) is 10.1. The van der Waals surface area contributed by atoms with Crippen LogP contribution >= 0.6 is 0 Å². The average Bonchev–Trinajstić information content (AvgIpc) is 2.93. The minimum atomic E-state index is -0.374. The van der Waals surface area contributed by atoms with Crippen LogP contribution in [0.3, 0.4) is 0 Å². The Bertz CT molecular complexity index is 227. The van der Waals surface area contributed by atoms with Gasteiger partial charge in [-0.2, -0.15) is 4.91 Å². The maximum atomic E-state index is 10.5. The second-order valence-corrected chi connectivity index (χ2v) is 5.33. The van der Waals surface area contributed by atoms with Gasteiger partial charge in [-0.1, -0.05) is 5.18 Å². The first-order chi connectivity index (χ1) is 6.61. The normalized spacial score (nSPS) is 36.3. The second kappa shape index (κ2) is 3.61. The fourth-order valence-electron chi connectivity index (χ4n) is 2.35. The maximum Gasteiger partial charge on any atom is 0.0970 e. The van der Waals surface area contributed by atoms with Crippen LogP contribution in [0.25, 0.3) is 0 Å². The monoisotopic (exact) mass is 197 g/mol. The van der Waals surface area contributed by atoms with Gasteiger partial charge in [-0.25, -0.2) is 0 Å². The minimum absolute atomic E-state index is 0.374. The Balaban J connectivity index is 1.72. The molecule has 80 valence electrons. The molecule has 3 unspecified atom stereocenters. The highest BCUT2D eigenvalue weighted by atomic mass is 16.6. The van der Waals surface area contributed by atoms with Crippen molar-refractivity contribution in [2.45, 2.75) is 63.7 Å². The number of hydrogen-bond donors (Lipinski definition) is 0. The topological polar surface area (TPSA) is 42.0 Å². The smallest absolute Gasteiger partial charge is 0.0970 e. The first-order valence-corrected chi connectivity index (χ1v) is 5.61. The van der Waals surface area contributed by atoms with E-state index in [1.165, 1.54) is 19.3 Å². The van der Waals surface area contributed by atoms with Crippen molar-refractivity contribution in [1.29, 1.82) is 0 Å². The van der Waals surface area contributed by atoms with Gasteiger partial charge in [-0.3, -0.25) is 0 Å². The van der Waals surface area contributed by atoms with Gasteiger partial charge in [0.2, 0.25) is 0 Å². The highest BCUT2D eigenvalue weighted by molar-refractivity contribution is 4.92. The van der Waals surface area contributed by atoms with Gasteiger partial charge in [-0.15, -0.1) is 0 Å². The van der Waals surface area contributed by atoms with Crippen LogP contribution in [0.1, 0.15) is 46.0 Å². The molecule has 1 saturated heterocycles. The Morgan fingerprint density at radius 1 is 1.36 bits per heavy atom. The molecular weight excluding hydrogens is 178 g/mol. The van der Waals surface area contributed by atoms with Crippen LogP contribution < -0.4 is 0 Å². The lowest BCUT2D eigenvalue weighted by atomic mass is 9.83. The minimum Gasteiger partial charge on any atom is -0.370 e. The van der Waals surface area contributed by atoms with E-state index in [9.17, 15) is 4.91 Å². The molecule has 2 rings (SSSR count). The Morgan fingerprint density at radius 2 is 2.14 bits per heavy atom. The highest BCUT2D eigenvalue weighted by Gasteiger charge is 2.43. The Hall–Kier alpha value is -0.440. The Labute approximate surface area is 85.2 Å². The summed E-state index contributed by atoms with van der Waals surface area (Å²) in [5.74, 6) is 0.764. The number of nitroso groups, excluding NO2 is 1. The van der Waals surface area contributed by atoms with Crippen LogP contribution in [0.5, 0.6) is 0 Å². The summed E-state index contributed by atoms with van der Waals surface area (Å²) in [5, 5.41) is 3.15. The molecule has 1 saturated carbocycles. The van der Waals surface area contributed by atoms with E-state index in [1.807, 2.05) is 13.8 Å². The molecule has 1 aliphatic heterocycles.